The van der Waals surface area contributed by atoms with Crippen LogP contribution in [0.15, 0.2) is 77.7 Å². The van der Waals surface area contributed by atoms with Crippen molar-refractivity contribution in [2.75, 3.05) is 18.8 Å². The highest BCUT2D eigenvalue weighted by Crippen LogP contribution is 2.25. The molecule has 1 unspecified atom stereocenters. The predicted molar refractivity (Wildman–Crippen MR) is 118 cm³/mol. The van der Waals surface area contributed by atoms with Crippen LogP contribution in [-0.4, -0.2) is 35.6 Å². The summed E-state index contributed by atoms with van der Waals surface area (Å²) in [6, 6.07) is 23.4. The number of carbonyl (C=O) groups is 2. The largest absolute Gasteiger partial charge is 0.447 e. The molecule has 0 N–H and O–H groups in total. The van der Waals surface area contributed by atoms with Gasteiger partial charge in [-0.05, 0) is 36.8 Å². The molecule has 0 spiro atoms. The Hall–Kier alpha value is -2.79. The molecule has 150 valence electrons. The molecule has 0 aliphatic carbocycles. The first-order chi connectivity index (χ1) is 14.1. The van der Waals surface area contributed by atoms with Gasteiger partial charge in [0.15, 0.2) is 0 Å². The molecule has 0 bridgehead atoms. The van der Waals surface area contributed by atoms with Crippen LogP contribution in [0.1, 0.15) is 25.5 Å². The van der Waals surface area contributed by atoms with E-state index < -0.39 is 12.1 Å². The third kappa shape index (κ3) is 5.39. The van der Waals surface area contributed by atoms with E-state index in [0.29, 0.717) is 18.7 Å². The first kappa shape index (κ1) is 20.9. The SMILES string of the molecule is CCN(CC)C(=O)C(OC(=O)CSc1ccc2ccccc2c1)c1ccccc1. The molecule has 0 saturated heterocycles. The number of amides is 1. The van der Waals surface area contributed by atoms with Crippen LogP contribution in [0.25, 0.3) is 10.8 Å². The van der Waals surface area contributed by atoms with E-state index in [1.807, 2.05) is 74.5 Å². The van der Waals surface area contributed by atoms with E-state index in [2.05, 4.69) is 12.1 Å². The standard InChI is InChI=1S/C24H25NO3S/c1-3-25(4-2)24(27)23(19-11-6-5-7-12-19)28-22(26)17-29-21-15-14-18-10-8-9-13-20(18)16-21/h5-16,23H,3-4,17H2,1-2H3. The Bertz CT molecular complexity index is 970. The Morgan fingerprint density at radius 3 is 2.24 bits per heavy atom. The molecule has 29 heavy (non-hydrogen) atoms. The van der Waals surface area contributed by atoms with Gasteiger partial charge in [0.2, 0.25) is 6.10 Å². The minimum absolute atomic E-state index is 0.146. The highest BCUT2D eigenvalue weighted by molar-refractivity contribution is 8.00. The zero-order valence-electron chi connectivity index (χ0n) is 16.7. The van der Waals surface area contributed by atoms with Gasteiger partial charge < -0.3 is 9.64 Å². The second kappa shape index (κ2) is 10.1. The number of nitrogens with zero attached hydrogens (tertiary/aromatic N) is 1. The summed E-state index contributed by atoms with van der Waals surface area (Å²) in [6.45, 7) is 4.98. The first-order valence-corrected chi connectivity index (χ1v) is 10.8. The van der Waals surface area contributed by atoms with Gasteiger partial charge in [-0.3, -0.25) is 9.59 Å². The van der Waals surface area contributed by atoms with Gasteiger partial charge in [-0.15, -0.1) is 11.8 Å². The molecular formula is C24H25NO3S. The van der Waals surface area contributed by atoms with Crippen LogP contribution >= 0.6 is 11.8 Å². The Morgan fingerprint density at radius 2 is 1.55 bits per heavy atom. The molecule has 0 saturated carbocycles. The highest BCUT2D eigenvalue weighted by atomic mass is 32.2. The number of carbonyl (C=O) groups excluding carboxylic acids is 2. The average molecular weight is 408 g/mol. The van der Waals surface area contributed by atoms with Crippen molar-refractivity contribution in [3.63, 3.8) is 0 Å². The van der Waals surface area contributed by atoms with Crippen LogP contribution in [0.4, 0.5) is 0 Å². The summed E-state index contributed by atoms with van der Waals surface area (Å²) in [7, 11) is 0. The summed E-state index contributed by atoms with van der Waals surface area (Å²) in [5.74, 6) is -0.449. The van der Waals surface area contributed by atoms with Gasteiger partial charge in [0.25, 0.3) is 5.91 Å². The molecule has 3 rings (SSSR count). The second-order valence-electron chi connectivity index (χ2n) is 6.59. The van der Waals surface area contributed by atoms with E-state index >= 15 is 0 Å². The molecule has 0 aromatic heterocycles. The Morgan fingerprint density at radius 1 is 0.897 bits per heavy atom. The normalized spacial score (nSPS) is 11.8. The zero-order chi connectivity index (χ0) is 20.6. The van der Waals surface area contributed by atoms with Crippen molar-refractivity contribution >= 4 is 34.4 Å². The fourth-order valence-corrected chi connectivity index (χ4v) is 3.88. The fraction of sp³-hybridized carbons (Fsp3) is 0.250. The van der Waals surface area contributed by atoms with E-state index in [9.17, 15) is 9.59 Å². The lowest BCUT2D eigenvalue weighted by molar-refractivity contribution is -0.158. The molecule has 3 aromatic rings. The van der Waals surface area contributed by atoms with Crippen LogP contribution in [0.3, 0.4) is 0 Å². The minimum Gasteiger partial charge on any atom is -0.447 e. The summed E-state index contributed by atoms with van der Waals surface area (Å²) < 4.78 is 5.64. The van der Waals surface area contributed by atoms with E-state index in [-0.39, 0.29) is 11.7 Å². The molecular weight excluding hydrogens is 382 g/mol. The van der Waals surface area contributed by atoms with Gasteiger partial charge >= 0.3 is 5.97 Å². The van der Waals surface area contributed by atoms with Crippen LogP contribution < -0.4 is 0 Å². The number of hydrogen-bond acceptors (Lipinski definition) is 4. The van der Waals surface area contributed by atoms with Gasteiger partial charge in [-0.2, -0.15) is 0 Å². The Balaban J connectivity index is 1.69. The lowest BCUT2D eigenvalue weighted by atomic mass is 10.1. The highest BCUT2D eigenvalue weighted by Gasteiger charge is 2.28. The van der Waals surface area contributed by atoms with Crippen LogP contribution in [0.2, 0.25) is 0 Å². The monoisotopic (exact) mass is 407 g/mol. The molecule has 0 heterocycles. The number of esters is 1. The molecule has 4 nitrogen and oxygen atoms in total. The number of fused-ring (bicyclic) bond motifs is 1. The minimum atomic E-state index is -0.916. The second-order valence-corrected chi connectivity index (χ2v) is 7.64. The van der Waals surface area contributed by atoms with Crippen molar-refractivity contribution < 1.29 is 14.3 Å². The zero-order valence-corrected chi connectivity index (χ0v) is 17.5. The topological polar surface area (TPSA) is 46.6 Å². The van der Waals surface area contributed by atoms with E-state index in [0.717, 1.165) is 15.7 Å². The summed E-state index contributed by atoms with van der Waals surface area (Å²) in [5.41, 5.74) is 0.688. The predicted octanol–water partition coefficient (Wildman–Crippen LogP) is 5.08. The molecule has 0 aliphatic rings. The molecule has 1 atom stereocenters. The lowest BCUT2D eigenvalue weighted by Crippen LogP contribution is -2.37. The maximum absolute atomic E-state index is 12.9. The van der Waals surface area contributed by atoms with Gasteiger partial charge in [-0.1, -0.05) is 60.7 Å². The van der Waals surface area contributed by atoms with Crippen molar-refractivity contribution in [3.8, 4) is 0 Å². The van der Waals surface area contributed by atoms with Crippen LogP contribution in [0.5, 0.6) is 0 Å². The molecule has 0 fully saturated rings. The van der Waals surface area contributed by atoms with Crippen molar-refractivity contribution in [3.05, 3.63) is 78.4 Å². The van der Waals surface area contributed by atoms with Gasteiger partial charge in [0.1, 0.15) is 0 Å². The number of thioether (sulfide) groups is 1. The van der Waals surface area contributed by atoms with Crippen molar-refractivity contribution in [2.24, 2.45) is 0 Å². The molecule has 5 heteroatoms. The van der Waals surface area contributed by atoms with Gasteiger partial charge in [0, 0.05) is 23.5 Å². The third-order valence-corrected chi connectivity index (χ3v) is 5.70. The summed E-state index contributed by atoms with van der Waals surface area (Å²) in [5, 5.41) is 2.29. The van der Waals surface area contributed by atoms with Crippen molar-refractivity contribution in [1.29, 1.82) is 0 Å². The van der Waals surface area contributed by atoms with E-state index in [1.165, 1.54) is 11.8 Å². The number of rotatable bonds is 8. The van der Waals surface area contributed by atoms with Crippen molar-refractivity contribution in [2.45, 2.75) is 24.8 Å². The van der Waals surface area contributed by atoms with Gasteiger partial charge in [0.05, 0.1) is 5.75 Å². The summed E-state index contributed by atoms with van der Waals surface area (Å²) in [4.78, 5) is 28.1. The molecule has 3 aromatic carbocycles. The third-order valence-electron chi connectivity index (χ3n) is 4.73. The Labute approximate surface area is 175 Å². The summed E-state index contributed by atoms with van der Waals surface area (Å²) >= 11 is 1.41. The maximum atomic E-state index is 12.9. The van der Waals surface area contributed by atoms with Gasteiger partial charge in [-0.25, -0.2) is 0 Å². The summed E-state index contributed by atoms with van der Waals surface area (Å²) in [6.07, 6.45) is -0.916. The van der Waals surface area contributed by atoms with Crippen LogP contribution in [-0.2, 0) is 14.3 Å². The average Bonchev–Trinajstić information content (AvgIpc) is 2.77. The van der Waals surface area contributed by atoms with E-state index in [4.69, 9.17) is 4.74 Å². The molecule has 1 amide bonds. The smallest absolute Gasteiger partial charge is 0.317 e. The van der Waals surface area contributed by atoms with E-state index in [1.54, 1.807) is 4.90 Å². The Kier molecular flexibility index (Phi) is 7.30. The first-order valence-electron chi connectivity index (χ1n) is 9.77. The number of hydrogen-bond donors (Lipinski definition) is 0. The maximum Gasteiger partial charge on any atom is 0.317 e. The number of likely N-dealkylation sites (N-methyl/N-ethyl adjacent to an activating group) is 1. The molecule has 0 aliphatic heterocycles. The van der Waals surface area contributed by atoms with Crippen LogP contribution in [0, 0.1) is 0 Å². The fourth-order valence-electron chi connectivity index (χ4n) is 3.15. The lowest BCUT2D eigenvalue weighted by Gasteiger charge is -2.25. The molecule has 0 radical (unpaired) electrons. The number of ether oxygens (including phenoxy) is 1. The quantitative estimate of drug-likeness (QED) is 0.386. The van der Waals surface area contributed by atoms with Crippen molar-refractivity contribution in [1.82, 2.24) is 4.90 Å². The number of benzene rings is 3.